The molecular formula is C43H42ClN7O7. The number of fused-ring (bicyclic) bond motifs is 3. The van der Waals surface area contributed by atoms with E-state index in [1.165, 1.54) is 0 Å². The van der Waals surface area contributed by atoms with E-state index < -0.39 is 29.7 Å². The number of nitrogens with one attached hydrogen (secondary N) is 1. The SMILES string of the molecule is N#Cc1ccc(O[C@H]2CC[C@H](N3Cc4cc(N5CCN(CC(=O)N6CCc7cc8c(cc7C6)C(=O)N(C6CCC(=O)NC6=O)C8=O)CC5)ccc4C3=O)CC2)cc1Cl. The van der Waals surface area contributed by atoms with Gasteiger partial charge in [0.25, 0.3) is 17.7 Å². The molecular weight excluding hydrogens is 762 g/mol. The third-order valence-corrected chi connectivity index (χ3v) is 12.9. The van der Waals surface area contributed by atoms with Gasteiger partial charge in [-0.1, -0.05) is 11.6 Å². The molecule has 3 fully saturated rings. The van der Waals surface area contributed by atoms with Crippen molar-refractivity contribution in [1.82, 2.24) is 24.9 Å². The summed E-state index contributed by atoms with van der Waals surface area (Å²) in [6.07, 6.45) is 4.07. The first-order valence-electron chi connectivity index (χ1n) is 20.0. The van der Waals surface area contributed by atoms with Crippen molar-refractivity contribution < 1.29 is 33.5 Å². The molecule has 2 saturated heterocycles. The van der Waals surface area contributed by atoms with Gasteiger partial charge in [-0.05, 0) is 97.7 Å². The Bertz CT molecular complexity index is 2310. The van der Waals surface area contributed by atoms with Gasteiger partial charge in [0.05, 0.1) is 34.4 Å². The van der Waals surface area contributed by atoms with E-state index in [0.717, 1.165) is 71.6 Å². The average molecular weight is 804 g/mol. The van der Waals surface area contributed by atoms with Crippen LogP contribution >= 0.6 is 11.6 Å². The summed E-state index contributed by atoms with van der Waals surface area (Å²) >= 11 is 6.19. The average Bonchev–Trinajstić information content (AvgIpc) is 3.68. The summed E-state index contributed by atoms with van der Waals surface area (Å²) in [5, 5.41) is 11.7. The Balaban J connectivity index is 0.759. The number of piperazine rings is 1. The van der Waals surface area contributed by atoms with Gasteiger partial charge in [-0.2, -0.15) is 5.26 Å². The van der Waals surface area contributed by atoms with Crippen molar-refractivity contribution in [3.8, 4) is 11.8 Å². The molecule has 1 N–H and O–H groups in total. The standard InChI is InChI=1S/C43H42ClN7O7/c44-36-20-32(5-1-26(36)21-45)58-31-6-2-29(3-7-31)50-23-28-17-30(4-8-33(28)41(50)55)48-15-13-47(14-16-48)24-39(53)49-12-11-25-18-34-35(19-27(25)22-49)43(57)51(42(34)56)37-9-10-38(52)46-40(37)54/h1,4-5,8,17-20,29,31,37H,2-3,6-7,9-16,22-24H2,(H,46,52,54)/t29-,31-,37?. The number of imide groups is 2. The van der Waals surface area contributed by atoms with Gasteiger partial charge in [0, 0.05) is 75.6 Å². The maximum atomic E-state index is 13.6. The molecule has 0 radical (unpaired) electrons. The lowest BCUT2D eigenvalue weighted by atomic mass is 9.92. The Morgan fingerprint density at radius 3 is 2.22 bits per heavy atom. The minimum absolute atomic E-state index is 0.00237. The molecule has 0 spiro atoms. The fourth-order valence-electron chi connectivity index (χ4n) is 9.34. The van der Waals surface area contributed by atoms with E-state index >= 15 is 0 Å². The Labute approximate surface area is 340 Å². The first kappa shape index (κ1) is 37.8. The number of carbonyl (C=O) groups is 6. The highest BCUT2D eigenvalue weighted by molar-refractivity contribution is 6.31. The lowest BCUT2D eigenvalue weighted by Crippen LogP contribution is -2.54. The molecule has 3 aromatic rings. The Morgan fingerprint density at radius 2 is 1.52 bits per heavy atom. The molecule has 5 aliphatic heterocycles. The fourth-order valence-corrected chi connectivity index (χ4v) is 9.56. The van der Waals surface area contributed by atoms with Gasteiger partial charge in [0.2, 0.25) is 17.7 Å². The Morgan fingerprint density at radius 1 is 0.776 bits per heavy atom. The molecule has 1 aliphatic carbocycles. The molecule has 3 aromatic carbocycles. The zero-order valence-electron chi connectivity index (χ0n) is 31.9. The highest BCUT2D eigenvalue weighted by Crippen LogP contribution is 2.36. The van der Waals surface area contributed by atoms with Crippen LogP contribution < -0.4 is 15.0 Å². The highest BCUT2D eigenvalue weighted by atomic mass is 35.5. The lowest BCUT2D eigenvalue weighted by Gasteiger charge is -2.37. The van der Waals surface area contributed by atoms with Crippen molar-refractivity contribution in [3.05, 3.63) is 92.5 Å². The molecule has 1 unspecified atom stereocenters. The van der Waals surface area contributed by atoms with Crippen molar-refractivity contribution >= 4 is 52.7 Å². The first-order chi connectivity index (χ1) is 28.0. The van der Waals surface area contributed by atoms with E-state index in [4.69, 9.17) is 21.6 Å². The summed E-state index contributed by atoms with van der Waals surface area (Å²) < 4.78 is 6.17. The number of hydrogen-bond acceptors (Lipinski definition) is 10. The van der Waals surface area contributed by atoms with Crippen LogP contribution in [-0.2, 0) is 33.9 Å². The molecule has 58 heavy (non-hydrogen) atoms. The molecule has 15 heteroatoms. The number of nitrogens with zero attached hydrogens (tertiary/aromatic N) is 6. The number of halogens is 1. The molecule has 0 aromatic heterocycles. The number of anilines is 1. The molecule has 9 rings (SSSR count). The van der Waals surface area contributed by atoms with Crippen LogP contribution in [0.15, 0.2) is 48.5 Å². The number of benzene rings is 3. The van der Waals surface area contributed by atoms with Crippen molar-refractivity contribution in [2.75, 3.05) is 44.2 Å². The van der Waals surface area contributed by atoms with E-state index in [2.05, 4.69) is 27.3 Å². The number of nitriles is 1. The topological polar surface area (TPSA) is 164 Å². The quantitative estimate of drug-likeness (QED) is 0.349. The van der Waals surface area contributed by atoms with Crippen LogP contribution in [0.3, 0.4) is 0 Å². The molecule has 6 aliphatic rings. The molecule has 298 valence electrons. The van der Waals surface area contributed by atoms with Crippen molar-refractivity contribution in [2.45, 2.75) is 76.2 Å². The maximum absolute atomic E-state index is 13.6. The number of amides is 6. The Hall–Kier alpha value is -5.78. The molecule has 6 amide bonds. The summed E-state index contributed by atoms with van der Waals surface area (Å²) in [7, 11) is 0. The van der Waals surface area contributed by atoms with E-state index in [-0.39, 0.29) is 54.5 Å². The van der Waals surface area contributed by atoms with E-state index in [0.29, 0.717) is 55.5 Å². The number of rotatable bonds is 7. The highest BCUT2D eigenvalue weighted by Gasteiger charge is 2.45. The maximum Gasteiger partial charge on any atom is 0.262 e. The minimum atomic E-state index is -1.02. The predicted octanol–water partition coefficient (Wildman–Crippen LogP) is 3.67. The largest absolute Gasteiger partial charge is 0.490 e. The number of carbonyl (C=O) groups excluding carboxylic acids is 6. The summed E-state index contributed by atoms with van der Waals surface area (Å²) in [4.78, 5) is 87.1. The zero-order chi connectivity index (χ0) is 40.2. The zero-order valence-corrected chi connectivity index (χ0v) is 32.6. The van der Waals surface area contributed by atoms with Crippen molar-refractivity contribution in [2.24, 2.45) is 0 Å². The number of piperidine rings is 1. The monoisotopic (exact) mass is 803 g/mol. The summed E-state index contributed by atoms with van der Waals surface area (Å²) in [5.74, 6) is -1.42. The van der Waals surface area contributed by atoms with Crippen LogP contribution in [-0.4, -0.2) is 112 Å². The second-order valence-electron chi connectivity index (χ2n) is 16.0. The van der Waals surface area contributed by atoms with Gasteiger partial charge in [0.15, 0.2) is 0 Å². The van der Waals surface area contributed by atoms with Crippen molar-refractivity contribution in [1.29, 1.82) is 5.26 Å². The Kier molecular flexibility index (Phi) is 9.89. The van der Waals surface area contributed by atoms with E-state index in [1.807, 2.05) is 17.0 Å². The second kappa shape index (κ2) is 15.2. The van der Waals surface area contributed by atoms with Crippen LogP contribution in [0.25, 0.3) is 0 Å². The van der Waals surface area contributed by atoms with Crippen LogP contribution in [0, 0.1) is 11.3 Å². The second-order valence-corrected chi connectivity index (χ2v) is 16.4. The fraction of sp³-hybridized carbons (Fsp3) is 0.419. The summed E-state index contributed by atoms with van der Waals surface area (Å²) in [6.45, 7) is 4.59. The lowest BCUT2D eigenvalue weighted by molar-refractivity contribution is -0.136. The third kappa shape index (κ3) is 6.96. The molecule has 1 saturated carbocycles. The van der Waals surface area contributed by atoms with Crippen LogP contribution in [0.4, 0.5) is 5.69 Å². The van der Waals surface area contributed by atoms with Crippen molar-refractivity contribution in [3.63, 3.8) is 0 Å². The molecule has 0 bridgehead atoms. The molecule has 1 atom stereocenters. The number of ether oxygens (including phenoxy) is 1. The predicted molar refractivity (Wildman–Crippen MR) is 210 cm³/mol. The van der Waals surface area contributed by atoms with Gasteiger partial charge in [-0.25, -0.2) is 0 Å². The summed E-state index contributed by atoms with van der Waals surface area (Å²) in [5.41, 5.74) is 5.49. The van der Waals surface area contributed by atoms with Gasteiger partial charge >= 0.3 is 0 Å². The molecule has 5 heterocycles. The first-order valence-corrected chi connectivity index (χ1v) is 20.3. The van der Waals surface area contributed by atoms with Crippen LogP contribution in [0.5, 0.6) is 5.75 Å². The van der Waals surface area contributed by atoms with E-state index in [9.17, 15) is 28.8 Å². The molecule has 14 nitrogen and oxygen atoms in total. The third-order valence-electron chi connectivity index (χ3n) is 12.6. The number of hydrogen-bond donors (Lipinski definition) is 1. The smallest absolute Gasteiger partial charge is 0.262 e. The summed E-state index contributed by atoms with van der Waals surface area (Å²) in [6, 6.07) is 15.8. The van der Waals surface area contributed by atoms with Gasteiger partial charge in [0.1, 0.15) is 17.9 Å². The van der Waals surface area contributed by atoms with Crippen LogP contribution in [0.2, 0.25) is 5.02 Å². The van der Waals surface area contributed by atoms with Gasteiger partial charge < -0.3 is 19.4 Å². The van der Waals surface area contributed by atoms with E-state index in [1.54, 1.807) is 35.2 Å². The van der Waals surface area contributed by atoms with Gasteiger partial charge in [-0.15, -0.1) is 0 Å². The minimum Gasteiger partial charge on any atom is -0.490 e. The normalized spacial score (nSPS) is 23.4. The van der Waals surface area contributed by atoms with Crippen LogP contribution in [0.1, 0.15) is 91.9 Å². The van der Waals surface area contributed by atoms with Gasteiger partial charge in [-0.3, -0.25) is 43.9 Å².